The van der Waals surface area contributed by atoms with E-state index in [4.69, 9.17) is 5.11 Å². The van der Waals surface area contributed by atoms with Crippen LogP contribution in [0.1, 0.15) is 33.1 Å². The first kappa shape index (κ1) is 15.9. The van der Waals surface area contributed by atoms with Gasteiger partial charge in [0.05, 0.1) is 11.5 Å². The first-order valence-electron chi connectivity index (χ1n) is 6.45. The number of likely N-dealkylation sites (tertiary alicyclic amines) is 1. The number of hydrogen-bond acceptors (Lipinski definition) is 4. The van der Waals surface area contributed by atoms with Crippen LogP contribution in [0.4, 0.5) is 0 Å². The van der Waals surface area contributed by atoms with Gasteiger partial charge in [-0.2, -0.15) is 0 Å². The number of aliphatic carboxylic acids is 1. The molecule has 7 heteroatoms. The van der Waals surface area contributed by atoms with Gasteiger partial charge in [0.15, 0.2) is 9.84 Å². The normalized spacial score (nSPS) is 19.9. The molecule has 1 aliphatic heterocycles. The fourth-order valence-electron chi connectivity index (χ4n) is 2.30. The maximum absolute atomic E-state index is 11.9. The predicted octanol–water partition coefficient (Wildman–Crippen LogP) is 0.523. The summed E-state index contributed by atoms with van der Waals surface area (Å²) in [7, 11) is -3.24. The smallest absolute Gasteiger partial charge is 0.326 e. The van der Waals surface area contributed by atoms with Crippen molar-refractivity contribution in [2.45, 2.75) is 39.2 Å². The van der Waals surface area contributed by atoms with Crippen molar-refractivity contribution in [3.8, 4) is 0 Å². The number of amides is 1. The third-order valence-electron chi connectivity index (χ3n) is 3.07. The highest BCUT2D eigenvalue weighted by atomic mass is 32.2. The highest BCUT2D eigenvalue weighted by Crippen LogP contribution is 2.18. The maximum Gasteiger partial charge on any atom is 0.326 e. The summed E-state index contributed by atoms with van der Waals surface area (Å²) in [5.41, 5.74) is 0. The van der Waals surface area contributed by atoms with Crippen LogP contribution in [-0.2, 0) is 19.4 Å². The number of carbonyl (C=O) groups is 2. The Morgan fingerprint density at radius 1 is 1.37 bits per heavy atom. The molecule has 1 heterocycles. The summed E-state index contributed by atoms with van der Waals surface area (Å²) < 4.78 is 23.4. The molecule has 0 aromatic rings. The first-order chi connectivity index (χ1) is 8.73. The monoisotopic (exact) mass is 291 g/mol. The van der Waals surface area contributed by atoms with Crippen LogP contribution in [-0.4, -0.2) is 54.4 Å². The average molecular weight is 291 g/mol. The van der Waals surface area contributed by atoms with E-state index < -0.39 is 21.8 Å². The van der Waals surface area contributed by atoms with Gasteiger partial charge < -0.3 is 10.0 Å². The Labute approximate surface area is 113 Å². The molecule has 0 aromatic heterocycles. The molecule has 1 fully saturated rings. The second-order valence-corrected chi connectivity index (χ2v) is 7.57. The molecule has 0 bridgehead atoms. The highest BCUT2D eigenvalue weighted by Gasteiger charge is 2.34. The van der Waals surface area contributed by atoms with Crippen LogP contribution in [0.25, 0.3) is 0 Å². The molecule has 0 aliphatic carbocycles. The molecule has 1 amide bonds. The zero-order chi connectivity index (χ0) is 14.6. The number of carboxylic acids is 1. The molecule has 1 N–H and O–H groups in total. The van der Waals surface area contributed by atoms with Crippen molar-refractivity contribution in [3.63, 3.8) is 0 Å². The van der Waals surface area contributed by atoms with Crippen molar-refractivity contribution < 1.29 is 23.1 Å². The number of carbonyl (C=O) groups excluding carboxylic acids is 1. The van der Waals surface area contributed by atoms with E-state index in [0.717, 1.165) is 0 Å². The summed E-state index contributed by atoms with van der Waals surface area (Å²) in [6.45, 7) is 4.01. The van der Waals surface area contributed by atoms with Crippen molar-refractivity contribution in [3.05, 3.63) is 0 Å². The topological polar surface area (TPSA) is 91.8 Å². The van der Waals surface area contributed by atoms with Gasteiger partial charge in [-0.1, -0.05) is 13.8 Å². The van der Waals surface area contributed by atoms with Crippen molar-refractivity contribution in [1.29, 1.82) is 0 Å². The summed E-state index contributed by atoms with van der Waals surface area (Å²) in [6, 6.07) is -0.791. The van der Waals surface area contributed by atoms with E-state index in [-0.39, 0.29) is 29.8 Å². The fourth-order valence-corrected chi connectivity index (χ4v) is 3.97. The van der Waals surface area contributed by atoms with E-state index in [9.17, 15) is 18.0 Å². The molecule has 0 saturated carbocycles. The van der Waals surface area contributed by atoms with Crippen molar-refractivity contribution in [1.82, 2.24) is 4.90 Å². The van der Waals surface area contributed by atoms with Gasteiger partial charge in [-0.05, 0) is 18.8 Å². The molecule has 110 valence electrons. The third-order valence-corrected chi connectivity index (χ3v) is 5.07. The first-order valence-corrected chi connectivity index (χ1v) is 8.28. The maximum atomic E-state index is 11.9. The summed E-state index contributed by atoms with van der Waals surface area (Å²) in [5.74, 6) is -1.51. The van der Waals surface area contributed by atoms with Gasteiger partial charge in [0.1, 0.15) is 6.04 Å². The standard InChI is InChI=1S/C12H21NO5S/c1-9(2)8-19(17,18)7-5-11(14)13-6-3-4-10(13)12(15)16/h9-10H,3-8H2,1-2H3,(H,15,16). The van der Waals surface area contributed by atoms with Gasteiger partial charge in [0.25, 0.3) is 0 Å². The van der Waals surface area contributed by atoms with Crippen LogP contribution >= 0.6 is 0 Å². The predicted molar refractivity (Wildman–Crippen MR) is 70.5 cm³/mol. The quantitative estimate of drug-likeness (QED) is 0.770. The second kappa shape index (κ2) is 6.36. The minimum absolute atomic E-state index is 0.0265. The van der Waals surface area contributed by atoms with E-state index in [1.165, 1.54) is 4.90 Å². The minimum Gasteiger partial charge on any atom is -0.480 e. The molecule has 1 saturated heterocycles. The van der Waals surface area contributed by atoms with Gasteiger partial charge >= 0.3 is 5.97 Å². The molecule has 19 heavy (non-hydrogen) atoms. The van der Waals surface area contributed by atoms with E-state index in [1.54, 1.807) is 13.8 Å². The molecule has 1 atom stereocenters. The Kier molecular flexibility index (Phi) is 5.34. The van der Waals surface area contributed by atoms with Crippen LogP contribution in [0.2, 0.25) is 0 Å². The Hall–Kier alpha value is -1.11. The van der Waals surface area contributed by atoms with Gasteiger partial charge in [-0.25, -0.2) is 13.2 Å². The summed E-state index contributed by atoms with van der Waals surface area (Å²) in [6.07, 6.45) is 0.972. The molecule has 6 nitrogen and oxygen atoms in total. The third kappa shape index (κ3) is 4.81. The molecular weight excluding hydrogens is 270 g/mol. The van der Waals surface area contributed by atoms with Crippen LogP contribution in [0.15, 0.2) is 0 Å². The van der Waals surface area contributed by atoms with Crippen LogP contribution in [0, 0.1) is 5.92 Å². The highest BCUT2D eigenvalue weighted by molar-refractivity contribution is 7.91. The van der Waals surface area contributed by atoms with Gasteiger partial charge in [-0.3, -0.25) is 4.79 Å². The van der Waals surface area contributed by atoms with Gasteiger partial charge in [0.2, 0.25) is 5.91 Å². The van der Waals surface area contributed by atoms with Crippen LogP contribution < -0.4 is 0 Å². The lowest BCUT2D eigenvalue weighted by atomic mass is 10.2. The SMILES string of the molecule is CC(C)CS(=O)(=O)CCC(=O)N1CCCC1C(=O)O. The van der Waals surface area contributed by atoms with Gasteiger partial charge in [0, 0.05) is 13.0 Å². The molecule has 0 spiro atoms. The number of nitrogens with zero attached hydrogens (tertiary/aromatic N) is 1. The number of hydrogen-bond donors (Lipinski definition) is 1. The molecule has 1 unspecified atom stereocenters. The Bertz CT molecular complexity index is 443. The summed E-state index contributed by atoms with van der Waals surface area (Å²) in [5, 5.41) is 8.97. The fraction of sp³-hybridized carbons (Fsp3) is 0.833. The lowest BCUT2D eigenvalue weighted by Gasteiger charge is -2.21. The van der Waals surface area contributed by atoms with E-state index in [0.29, 0.717) is 19.4 Å². The number of rotatable bonds is 6. The minimum atomic E-state index is -3.24. The lowest BCUT2D eigenvalue weighted by Crippen LogP contribution is -2.41. The zero-order valence-corrected chi connectivity index (χ0v) is 12.1. The molecule has 0 aromatic carbocycles. The molecule has 0 radical (unpaired) electrons. The van der Waals surface area contributed by atoms with Crippen molar-refractivity contribution in [2.24, 2.45) is 5.92 Å². The number of sulfone groups is 1. The van der Waals surface area contributed by atoms with Crippen LogP contribution in [0.5, 0.6) is 0 Å². The zero-order valence-electron chi connectivity index (χ0n) is 11.3. The largest absolute Gasteiger partial charge is 0.480 e. The van der Waals surface area contributed by atoms with Gasteiger partial charge in [-0.15, -0.1) is 0 Å². The van der Waals surface area contributed by atoms with Crippen molar-refractivity contribution in [2.75, 3.05) is 18.1 Å². The van der Waals surface area contributed by atoms with E-state index in [2.05, 4.69) is 0 Å². The molecular formula is C12H21NO5S. The number of carboxylic acid groups (broad SMARTS) is 1. The average Bonchev–Trinajstić information content (AvgIpc) is 2.73. The lowest BCUT2D eigenvalue weighted by molar-refractivity contribution is -0.148. The molecule has 1 aliphatic rings. The Morgan fingerprint density at radius 3 is 2.53 bits per heavy atom. The molecule has 1 rings (SSSR count). The van der Waals surface area contributed by atoms with E-state index >= 15 is 0 Å². The Morgan fingerprint density at radius 2 is 2.00 bits per heavy atom. The summed E-state index contributed by atoms with van der Waals surface area (Å²) >= 11 is 0. The second-order valence-electron chi connectivity index (χ2n) is 5.34. The van der Waals surface area contributed by atoms with E-state index in [1.807, 2.05) is 0 Å². The Balaban J connectivity index is 2.54. The van der Waals surface area contributed by atoms with Crippen molar-refractivity contribution >= 4 is 21.7 Å². The van der Waals surface area contributed by atoms with Crippen LogP contribution in [0.3, 0.4) is 0 Å². The summed E-state index contributed by atoms with van der Waals surface area (Å²) in [4.78, 5) is 24.1.